The van der Waals surface area contributed by atoms with E-state index in [0.717, 1.165) is 12.8 Å². The molecule has 2 bridgehead atoms. The Bertz CT molecular complexity index is 883. The van der Waals surface area contributed by atoms with E-state index in [9.17, 15) is 26.9 Å². The third-order valence-electron chi connectivity index (χ3n) is 7.50. The highest BCUT2D eigenvalue weighted by molar-refractivity contribution is 7.89. The summed E-state index contributed by atoms with van der Waals surface area (Å²) in [5.41, 5.74) is -1.56. The maximum absolute atomic E-state index is 14.4. The summed E-state index contributed by atoms with van der Waals surface area (Å²) in [4.78, 5) is 18.2. The Balaban J connectivity index is 1.44. The van der Waals surface area contributed by atoms with E-state index in [1.54, 1.807) is 4.90 Å². The quantitative estimate of drug-likeness (QED) is 0.504. The van der Waals surface area contributed by atoms with Crippen molar-refractivity contribution in [1.82, 2.24) is 9.29 Å². The fraction of sp³-hybridized carbons (Fsp3) is 0.727. The first kappa shape index (κ1) is 23.8. The zero-order valence-electron chi connectivity index (χ0n) is 18.5. The van der Waals surface area contributed by atoms with Crippen LogP contribution in [-0.4, -0.2) is 51.1 Å². The van der Waals surface area contributed by atoms with Crippen LogP contribution in [0.1, 0.15) is 45.6 Å². The van der Waals surface area contributed by atoms with E-state index in [1.807, 2.05) is 11.2 Å². The highest BCUT2D eigenvalue weighted by Gasteiger charge is 2.64. The molecule has 1 aromatic rings. The number of anilines is 1. The molecule has 5 atom stereocenters. The highest BCUT2D eigenvalue weighted by atomic mass is 32.2. The highest BCUT2D eigenvalue weighted by Crippen LogP contribution is 2.59. The van der Waals surface area contributed by atoms with E-state index in [0.29, 0.717) is 61.8 Å². The predicted molar refractivity (Wildman–Crippen MR) is 116 cm³/mol. The van der Waals surface area contributed by atoms with Gasteiger partial charge in [-0.3, -0.25) is 4.79 Å². The predicted octanol–water partition coefficient (Wildman–Crippen LogP) is 4.40. The number of carbonyl (C=O) groups is 1. The molecule has 4 rings (SSSR count). The Kier molecular flexibility index (Phi) is 6.26. The van der Waals surface area contributed by atoms with E-state index in [2.05, 4.69) is 18.8 Å². The summed E-state index contributed by atoms with van der Waals surface area (Å²) in [5.74, 6) is 0.709. The number of halogens is 4. The number of piperazine rings is 1. The van der Waals surface area contributed by atoms with Gasteiger partial charge in [-0.15, -0.1) is 0 Å². The minimum absolute atomic E-state index is 0.106. The van der Waals surface area contributed by atoms with E-state index >= 15 is 0 Å². The van der Waals surface area contributed by atoms with Gasteiger partial charge in [-0.2, -0.15) is 17.7 Å². The first-order valence-electron chi connectivity index (χ1n) is 11.1. The topological polar surface area (TPSA) is 56.7 Å². The number of Topliss-reactive ketones (excluding diaryl/α,β-unsaturated/α-hetero) is 1. The van der Waals surface area contributed by atoms with Crippen molar-refractivity contribution in [3.8, 4) is 0 Å². The first-order chi connectivity index (χ1) is 14.9. The summed E-state index contributed by atoms with van der Waals surface area (Å²) in [7, 11) is 0. The molecule has 10 heteroatoms. The molecule has 178 valence electrons. The molecule has 32 heavy (non-hydrogen) atoms. The normalized spacial score (nSPS) is 32.2. The zero-order chi connectivity index (χ0) is 23.4. The van der Waals surface area contributed by atoms with Crippen LogP contribution in [0.25, 0.3) is 0 Å². The zero-order valence-corrected chi connectivity index (χ0v) is 19.3. The van der Waals surface area contributed by atoms with Gasteiger partial charge in [-0.1, -0.05) is 18.2 Å². The average molecular weight is 477 g/mol. The Morgan fingerprint density at radius 3 is 2.62 bits per heavy atom. The van der Waals surface area contributed by atoms with Crippen LogP contribution >= 0.6 is 0 Å². The van der Waals surface area contributed by atoms with Crippen LogP contribution in [0, 0.1) is 29.0 Å². The molecule has 1 saturated heterocycles. The van der Waals surface area contributed by atoms with Gasteiger partial charge >= 0.3 is 6.18 Å². The Hall–Kier alpha value is -1.39. The minimum Gasteiger partial charge on any atom is -0.351 e. The smallest absolute Gasteiger partial charge is 0.351 e. The number of hydrogen-bond donors (Lipinski definition) is 1. The Morgan fingerprint density at radius 2 is 2.06 bits per heavy atom. The number of fused-ring (bicyclic) bond motifs is 2. The van der Waals surface area contributed by atoms with Crippen molar-refractivity contribution in [3.05, 3.63) is 23.6 Å². The van der Waals surface area contributed by atoms with Gasteiger partial charge in [0.15, 0.2) is 17.4 Å². The molecule has 2 saturated carbocycles. The summed E-state index contributed by atoms with van der Waals surface area (Å²) < 4.78 is 65.9. The van der Waals surface area contributed by atoms with Crippen molar-refractivity contribution in [2.24, 2.45) is 23.2 Å². The fourth-order valence-electron chi connectivity index (χ4n) is 6.25. The summed E-state index contributed by atoms with van der Waals surface area (Å²) in [5, 5.41) is 0. The molecular weight excluding hydrogens is 446 g/mol. The second-order valence-corrected chi connectivity index (χ2v) is 11.2. The van der Waals surface area contributed by atoms with Gasteiger partial charge in [0.1, 0.15) is 5.78 Å². The molecule has 0 aromatic carbocycles. The molecule has 2 aliphatic carbocycles. The number of carbonyl (C=O) groups excluding carboxylic acids is 1. The number of ketones is 1. The van der Waals surface area contributed by atoms with Crippen LogP contribution in [0.2, 0.25) is 0 Å². The lowest BCUT2D eigenvalue weighted by atomic mass is 9.75. The van der Waals surface area contributed by atoms with Crippen molar-refractivity contribution in [3.63, 3.8) is 0 Å². The molecule has 3 fully saturated rings. The molecule has 2 heterocycles. The first-order valence-corrected chi connectivity index (χ1v) is 12.4. The van der Waals surface area contributed by atoms with Gasteiger partial charge in [-0.05, 0) is 43.6 Å². The number of pyridine rings is 1. The minimum atomic E-state index is -4.65. The molecule has 1 aliphatic heterocycles. The lowest BCUT2D eigenvalue weighted by molar-refractivity contribution is -0.138. The SMILES string of the molecule is CC(C)C1[C@@H]2CCC1(C[S+](O)N1CCN(c3ncc(C(F)(F)F)cc3F)C[C@H]1C)C(=O)C2. The Morgan fingerprint density at radius 1 is 1.34 bits per heavy atom. The van der Waals surface area contributed by atoms with Crippen LogP contribution in [0.15, 0.2) is 12.3 Å². The third-order valence-corrected chi connectivity index (χ3v) is 9.36. The summed E-state index contributed by atoms with van der Waals surface area (Å²) in [6.07, 6.45) is -1.51. The van der Waals surface area contributed by atoms with Crippen LogP contribution in [0.5, 0.6) is 0 Å². The number of rotatable bonds is 5. The molecule has 3 aliphatic rings. The van der Waals surface area contributed by atoms with Gasteiger partial charge in [0, 0.05) is 25.7 Å². The van der Waals surface area contributed by atoms with Gasteiger partial charge in [0.2, 0.25) is 11.4 Å². The maximum atomic E-state index is 14.4. The Labute approximate surface area is 188 Å². The van der Waals surface area contributed by atoms with Crippen LogP contribution in [0.4, 0.5) is 23.4 Å². The van der Waals surface area contributed by atoms with E-state index in [1.165, 1.54) is 0 Å². The maximum Gasteiger partial charge on any atom is 0.417 e. The monoisotopic (exact) mass is 476 g/mol. The molecule has 1 aromatic heterocycles. The molecule has 3 unspecified atom stereocenters. The molecule has 5 nitrogen and oxygen atoms in total. The molecule has 0 amide bonds. The van der Waals surface area contributed by atoms with Crippen molar-refractivity contribution >= 4 is 23.0 Å². The lowest BCUT2D eigenvalue weighted by Crippen LogP contribution is -2.56. The van der Waals surface area contributed by atoms with Crippen molar-refractivity contribution in [1.29, 1.82) is 0 Å². The fourth-order valence-corrected chi connectivity index (χ4v) is 8.14. The molecule has 0 radical (unpaired) electrons. The summed E-state index contributed by atoms with van der Waals surface area (Å²) in [6.45, 7) is 7.29. The summed E-state index contributed by atoms with van der Waals surface area (Å²) >= 11 is -1.12. The van der Waals surface area contributed by atoms with Crippen molar-refractivity contribution in [2.75, 3.05) is 30.3 Å². The van der Waals surface area contributed by atoms with Crippen LogP contribution < -0.4 is 4.90 Å². The largest absolute Gasteiger partial charge is 0.417 e. The molecular formula is C22H30F4N3O2S+. The van der Waals surface area contributed by atoms with Gasteiger partial charge in [-0.25, -0.2) is 9.37 Å². The summed E-state index contributed by atoms with van der Waals surface area (Å²) in [6, 6.07) is 0.312. The van der Waals surface area contributed by atoms with E-state index in [4.69, 9.17) is 0 Å². The van der Waals surface area contributed by atoms with Gasteiger partial charge in [0.25, 0.3) is 0 Å². The number of aromatic nitrogens is 1. The van der Waals surface area contributed by atoms with Gasteiger partial charge < -0.3 is 4.90 Å². The molecule has 1 N–H and O–H groups in total. The third kappa shape index (κ3) is 4.03. The van der Waals surface area contributed by atoms with E-state index < -0.39 is 34.3 Å². The second kappa shape index (κ2) is 8.43. The standard InChI is InChI=1S/C22H30F4N3O2S/c1-13(2)19-15-4-5-21(19,18(30)8-15)12-32(31)29-7-6-28(11-14(29)3)20-17(23)9-16(10-27-20)22(24,25)26/h9-10,13-15,19,31H,4-8,11-12H2,1-3H3/q+1/t14-,15-,19?,21?,32?/m1/s1. The van der Waals surface area contributed by atoms with E-state index in [-0.39, 0.29) is 17.6 Å². The number of nitrogens with zero attached hydrogens (tertiary/aromatic N) is 3. The molecule has 0 spiro atoms. The second-order valence-electron chi connectivity index (χ2n) is 9.80. The lowest BCUT2D eigenvalue weighted by Gasteiger charge is -2.38. The van der Waals surface area contributed by atoms with Crippen molar-refractivity contribution < 1.29 is 26.9 Å². The van der Waals surface area contributed by atoms with Crippen LogP contribution in [0.3, 0.4) is 0 Å². The van der Waals surface area contributed by atoms with Crippen LogP contribution in [-0.2, 0) is 22.3 Å². The number of hydrogen-bond acceptors (Lipinski definition) is 5. The number of alkyl halides is 3. The van der Waals surface area contributed by atoms with Gasteiger partial charge in [0.05, 0.1) is 23.6 Å². The van der Waals surface area contributed by atoms with Crippen molar-refractivity contribution in [2.45, 2.75) is 52.3 Å². The average Bonchev–Trinajstić information content (AvgIpc) is 3.18.